The fourth-order valence-electron chi connectivity index (χ4n) is 2.83. The van der Waals surface area contributed by atoms with Gasteiger partial charge in [0.05, 0.1) is 17.6 Å². The molecule has 1 aromatic heterocycles. The van der Waals surface area contributed by atoms with Gasteiger partial charge in [-0.2, -0.15) is 0 Å². The van der Waals surface area contributed by atoms with Crippen LogP contribution >= 0.6 is 0 Å². The Kier molecular flexibility index (Phi) is 5.77. The van der Waals surface area contributed by atoms with Gasteiger partial charge in [-0.25, -0.2) is 4.98 Å². The second-order valence-electron chi connectivity index (χ2n) is 6.10. The van der Waals surface area contributed by atoms with Gasteiger partial charge < -0.3 is 14.4 Å². The van der Waals surface area contributed by atoms with Gasteiger partial charge in [-0.05, 0) is 29.9 Å². The molecule has 1 aromatic carbocycles. The highest BCUT2D eigenvalue weighted by Crippen LogP contribution is 2.31. The van der Waals surface area contributed by atoms with E-state index in [-0.39, 0.29) is 11.4 Å². The molecule has 2 unspecified atom stereocenters. The van der Waals surface area contributed by atoms with E-state index in [0.717, 1.165) is 37.5 Å². The molecule has 1 N–H and O–H groups in total. The zero-order valence-electron chi connectivity index (χ0n) is 14.4. The molecule has 0 radical (unpaired) electrons. The molecule has 2 atom stereocenters. The lowest BCUT2D eigenvalue weighted by Gasteiger charge is -2.24. The van der Waals surface area contributed by atoms with Crippen molar-refractivity contribution in [3.63, 3.8) is 0 Å². The van der Waals surface area contributed by atoms with Gasteiger partial charge in [0.25, 0.3) is 5.88 Å². The largest absolute Gasteiger partial charge is 0.473 e. The van der Waals surface area contributed by atoms with E-state index in [0.29, 0.717) is 18.4 Å². The van der Waals surface area contributed by atoms with E-state index in [4.69, 9.17) is 9.84 Å². The third-order valence-electron chi connectivity index (χ3n) is 4.48. The third kappa shape index (κ3) is 3.39. The average Bonchev–Trinajstić information content (AvgIpc) is 2.59. The zero-order chi connectivity index (χ0) is 17.0. The Bertz CT molecular complexity index is 724. The normalized spacial score (nSPS) is 17.3. The van der Waals surface area contributed by atoms with Crippen LogP contribution in [0.2, 0.25) is 0 Å². The highest BCUT2D eigenvalue weighted by molar-refractivity contribution is 5.80. The number of aliphatic hydroxyl groups is 1. The summed E-state index contributed by atoms with van der Waals surface area (Å²) in [5.41, 5.74) is 2.97. The predicted octanol–water partition coefficient (Wildman–Crippen LogP) is 2.94. The van der Waals surface area contributed by atoms with E-state index >= 15 is 0 Å². The molecule has 5 heteroatoms. The van der Waals surface area contributed by atoms with Crippen molar-refractivity contribution in [1.29, 1.82) is 0 Å². The SMILES string of the molecule is CCC(C)COc1nc2cccc3c2n(c1=O)CCC3C.CO. The summed E-state index contributed by atoms with van der Waals surface area (Å²) >= 11 is 0. The van der Waals surface area contributed by atoms with Gasteiger partial charge in [-0.3, -0.25) is 4.79 Å². The Morgan fingerprint density at radius 2 is 2.17 bits per heavy atom. The lowest BCUT2D eigenvalue weighted by Crippen LogP contribution is -2.28. The summed E-state index contributed by atoms with van der Waals surface area (Å²) in [5.74, 6) is 1.14. The number of aromatic nitrogens is 2. The maximum atomic E-state index is 12.6. The highest BCUT2D eigenvalue weighted by Gasteiger charge is 2.22. The van der Waals surface area contributed by atoms with Crippen molar-refractivity contribution in [2.24, 2.45) is 5.92 Å². The van der Waals surface area contributed by atoms with Crippen LogP contribution in [0, 0.1) is 5.92 Å². The first-order valence-corrected chi connectivity index (χ1v) is 8.22. The van der Waals surface area contributed by atoms with Crippen LogP contribution in [0.4, 0.5) is 0 Å². The van der Waals surface area contributed by atoms with E-state index in [1.54, 1.807) is 0 Å². The van der Waals surface area contributed by atoms with Crippen molar-refractivity contribution in [1.82, 2.24) is 9.55 Å². The third-order valence-corrected chi connectivity index (χ3v) is 4.48. The van der Waals surface area contributed by atoms with Crippen molar-refractivity contribution < 1.29 is 9.84 Å². The monoisotopic (exact) mass is 318 g/mol. The summed E-state index contributed by atoms with van der Waals surface area (Å²) in [7, 11) is 1.00. The molecule has 5 nitrogen and oxygen atoms in total. The van der Waals surface area contributed by atoms with Crippen LogP contribution in [-0.2, 0) is 6.54 Å². The topological polar surface area (TPSA) is 64.4 Å². The minimum Gasteiger partial charge on any atom is -0.473 e. The smallest absolute Gasteiger partial charge is 0.313 e. The van der Waals surface area contributed by atoms with Gasteiger partial charge >= 0.3 is 5.56 Å². The second kappa shape index (κ2) is 7.59. The first-order valence-electron chi connectivity index (χ1n) is 8.22. The number of nitrogens with zero attached hydrogens (tertiary/aromatic N) is 2. The summed E-state index contributed by atoms with van der Waals surface area (Å²) in [5, 5.41) is 7.00. The summed E-state index contributed by atoms with van der Waals surface area (Å²) in [6.45, 7) is 7.72. The van der Waals surface area contributed by atoms with Crippen LogP contribution in [0.5, 0.6) is 5.88 Å². The van der Waals surface area contributed by atoms with Gasteiger partial charge in [0.15, 0.2) is 0 Å². The fourth-order valence-corrected chi connectivity index (χ4v) is 2.83. The van der Waals surface area contributed by atoms with E-state index in [1.165, 1.54) is 5.56 Å². The molecule has 23 heavy (non-hydrogen) atoms. The molecular weight excluding hydrogens is 292 g/mol. The molecule has 0 spiro atoms. The zero-order valence-corrected chi connectivity index (χ0v) is 14.4. The average molecular weight is 318 g/mol. The van der Waals surface area contributed by atoms with Crippen molar-refractivity contribution >= 4 is 11.0 Å². The first-order chi connectivity index (χ1) is 11.1. The molecular formula is C18H26N2O3. The molecule has 1 aliphatic heterocycles. The molecule has 0 amide bonds. The van der Waals surface area contributed by atoms with Crippen LogP contribution in [0.3, 0.4) is 0 Å². The van der Waals surface area contributed by atoms with Gasteiger partial charge in [0.1, 0.15) is 0 Å². The number of hydrogen-bond donors (Lipinski definition) is 1. The van der Waals surface area contributed by atoms with Gasteiger partial charge in [-0.1, -0.05) is 39.3 Å². The van der Waals surface area contributed by atoms with Crippen molar-refractivity contribution in [2.45, 2.75) is 46.1 Å². The van der Waals surface area contributed by atoms with Crippen molar-refractivity contribution in [2.75, 3.05) is 13.7 Å². The Morgan fingerprint density at radius 1 is 1.43 bits per heavy atom. The summed E-state index contributed by atoms with van der Waals surface area (Å²) in [6, 6.07) is 6.08. The summed E-state index contributed by atoms with van der Waals surface area (Å²) < 4.78 is 7.52. The van der Waals surface area contributed by atoms with Crippen LogP contribution in [-0.4, -0.2) is 28.4 Å². The Balaban J connectivity index is 0.000000924. The molecule has 0 aliphatic carbocycles. The van der Waals surface area contributed by atoms with Gasteiger partial charge in [-0.15, -0.1) is 0 Å². The van der Waals surface area contributed by atoms with Crippen molar-refractivity contribution in [3.8, 4) is 5.88 Å². The Morgan fingerprint density at radius 3 is 2.87 bits per heavy atom. The van der Waals surface area contributed by atoms with Gasteiger partial charge in [0, 0.05) is 13.7 Å². The van der Waals surface area contributed by atoms with Crippen LogP contribution in [0.25, 0.3) is 11.0 Å². The van der Waals surface area contributed by atoms with Crippen LogP contribution < -0.4 is 10.3 Å². The molecule has 2 heterocycles. The Hall–Kier alpha value is -1.88. The van der Waals surface area contributed by atoms with Gasteiger partial charge in [0.2, 0.25) is 0 Å². The van der Waals surface area contributed by atoms with Crippen LogP contribution in [0.15, 0.2) is 23.0 Å². The molecule has 3 rings (SSSR count). The number of ether oxygens (including phenoxy) is 1. The number of para-hydroxylation sites is 1. The number of rotatable bonds is 4. The maximum absolute atomic E-state index is 12.6. The molecule has 0 saturated carbocycles. The van der Waals surface area contributed by atoms with Crippen LogP contribution in [0.1, 0.15) is 45.1 Å². The quantitative estimate of drug-likeness (QED) is 0.941. The fraction of sp³-hybridized carbons (Fsp3) is 0.556. The van der Waals surface area contributed by atoms with E-state index < -0.39 is 0 Å². The standard InChI is InChI=1S/C17H22N2O2.CH4O/c1-4-11(2)10-21-16-17(20)19-9-8-12(3)13-6-5-7-14(18-16)15(13)19;1-2/h5-7,11-12H,4,8-10H2,1-3H3;2H,1H3. The molecule has 0 fully saturated rings. The molecule has 0 bridgehead atoms. The number of hydrogen-bond acceptors (Lipinski definition) is 4. The summed E-state index contributed by atoms with van der Waals surface area (Å²) in [4.78, 5) is 17.0. The lowest BCUT2D eigenvalue weighted by atomic mass is 9.93. The van der Waals surface area contributed by atoms with Crippen molar-refractivity contribution in [3.05, 3.63) is 34.1 Å². The number of benzene rings is 1. The van der Waals surface area contributed by atoms with E-state index in [9.17, 15) is 4.79 Å². The molecule has 126 valence electrons. The molecule has 0 saturated heterocycles. The Labute approximate surface area is 136 Å². The number of aryl methyl sites for hydroxylation is 1. The van der Waals surface area contributed by atoms with E-state index in [1.807, 2.05) is 16.7 Å². The maximum Gasteiger partial charge on any atom is 0.313 e. The highest BCUT2D eigenvalue weighted by atomic mass is 16.5. The molecule has 2 aromatic rings. The molecule has 1 aliphatic rings. The first kappa shape index (κ1) is 17.5. The summed E-state index contributed by atoms with van der Waals surface area (Å²) in [6.07, 6.45) is 2.02. The number of aliphatic hydroxyl groups excluding tert-OH is 1. The van der Waals surface area contributed by atoms with E-state index in [2.05, 4.69) is 31.8 Å². The second-order valence-corrected chi connectivity index (χ2v) is 6.10. The minimum absolute atomic E-state index is 0.0925. The minimum atomic E-state index is -0.0925. The predicted molar refractivity (Wildman–Crippen MR) is 92.1 cm³/mol. The lowest BCUT2D eigenvalue weighted by molar-refractivity contribution is 0.243.